The van der Waals surface area contributed by atoms with Crippen LogP contribution in [0.4, 0.5) is 0 Å². The van der Waals surface area contributed by atoms with Crippen molar-refractivity contribution in [3.05, 3.63) is 29.3 Å². The van der Waals surface area contributed by atoms with Gasteiger partial charge in [0.2, 0.25) is 0 Å². The Hall–Kier alpha value is -1.02. The van der Waals surface area contributed by atoms with Crippen molar-refractivity contribution < 1.29 is 4.74 Å². The number of hydrogen-bond donors (Lipinski definition) is 1. The molecule has 0 aliphatic heterocycles. The summed E-state index contributed by atoms with van der Waals surface area (Å²) in [6.07, 6.45) is 4.80. The second kappa shape index (κ2) is 8.98. The molecule has 19 heavy (non-hydrogen) atoms. The summed E-state index contributed by atoms with van der Waals surface area (Å²) >= 11 is 0. The van der Waals surface area contributed by atoms with Gasteiger partial charge in [-0.25, -0.2) is 0 Å². The highest BCUT2D eigenvalue weighted by Gasteiger charge is 2.03. The molecule has 0 bridgehead atoms. The lowest BCUT2D eigenvalue weighted by molar-refractivity contribution is 0.298. The van der Waals surface area contributed by atoms with E-state index < -0.39 is 0 Å². The van der Waals surface area contributed by atoms with E-state index in [4.69, 9.17) is 4.74 Å². The average Bonchev–Trinajstić information content (AvgIpc) is 2.39. The number of aryl methyl sites for hydroxylation is 2. The number of unbranched alkanes of at least 4 members (excludes halogenated alkanes) is 1. The van der Waals surface area contributed by atoms with Crippen LogP contribution in [0.15, 0.2) is 18.2 Å². The molecule has 0 fully saturated rings. The second-order valence-corrected chi connectivity index (χ2v) is 5.42. The van der Waals surface area contributed by atoms with Crippen molar-refractivity contribution in [2.45, 2.75) is 59.4 Å². The molecule has 1 unspecified atom stereocenters. The van der Waals surface area contributed by atoms with Crippen LogP contribution in [0.3, 0.4) is 0 Å². The number of rotatable bonds is 9. The Balaban J connectivity index is 2.17. The fraction of sp³-hybridized carbons (Fsp3) is 0.647. The second-order valence-electron chi connectivity index (χ2n) is 5.42. The van der Waals surface area contributed by atoms with Crippen LogP contribution >= 0.6 is 0 Å². The van der Waals surface area contributed by atoms with Crippen molar-refractivity contribution in [1.29, 1.82) is 0 Å². The summed E-state index contributed by atoms with van der Waals surface area (Å²) < 4.78 is 5.91. The number of ether oxygens (including phenoxy) is 1. The Morgan fingerprint density at radius 1 is 1.16 bits per heavy atom. The molecular formula is C17H29NO. The molecule has 0 aliphatic rings. The van der Waals surface area contributed by atoms with Gasteiger partial charge < -0.3 is 10.1 Å². The third kappa shape index (κ3) is 6.11. The lowest BCUT2D eigenvalue weighted by Gasteiger charge is -2.14. The number of hydrogen-bond acceptors (Lipinski definition) is 2. The standard InChI is InChI=1S/C17H29NO/c1-5-12-18-16(4)11-6-7-13-19-17-14(2)9-8-10-15(17)3/h8-10,16,18H,5-7,11-13H2,1-4H3. The Labute approximate surface area is 118 Å². The average molecular weight is 263 g/mol. The molecule has 0 spiro atoms. The SMILES string of the molecule is CCCNC(C)CCCCOc1c(C)cccc1C. The lowest BCUT2D eigenvalue weighted by atomic mass is 10.1. The van der Waals surface area contributed by atoms with Crippen molar-refractivity contribution in [2.75, 3.05) is 13.2 Å². The molecule has 0 saturated heterocycles. The number of para-hydroxylation sites is 1. The molecule has 1 aromatic rings. The van der Waals surface area contributed by atoms with Crippen molar-refractivity contribution in [3.63, 3.8) is 0 Å². The fourth-order valence-corrected chi connectivity index (χ4v) is 2.25. The third-order valence-corrected chi connectivity index (χ3v) is 3.43. The van der Waals surface area contributed by atoms with Gasteiger partial charge in [0.05, 0.1) is 6.61 Å². The van der Waals surface area contributed by atoms with Crippen LogP contribution in [0, 0.1) is 13.8 Å². The minimum Gasteiger partial charge on any atom is -0.493 e. The van der Waals surface area contributed by atoms with Gasteiger partial charge in [-0.2, -0.15) is 0 Å². The molecule has 0 aliphatic carbocycles. The van der Waals surface area contributed by atoms with Crippen LogP contribution in [0.5, 0.6) is 5.75 Å². The lowest BCUT2D eigenvalue weighted by Crippen LogP contribution is -2.26. The van der Waals surface area contributed by atoms with E-state index in [2.05, 4.69) is 51.2 Å². The smallest absolute Gasteiger partial charge is 0.125 e. The van der Waals surface area contributed by atoms with E-state index in [0.717, 1.165) is 25.3 Å². The molecule has 2 nitrogen and oxygen atoms in total. The van der Waals surface area contributed by atoms with E-state index in [1.165, 1.54) is 30.4 Å². The summed E-state index contributed by atoms with van der Waals surface area (Å²) in [6.45, 7) is 10.6. The molecule has 0 radical (unpaired) electrons. The topological polar surface area (TPSA) is 21.3 Å². The van der Waals surface area contributed by atoms with E-state index in [-0.39, 0.29) is 0 Å². The van der Waals surface area contributed by atoms with Crippen LogP contribution in [-0.4, -0.2) is 19.2 Å². The van der Waals surface area contributed by atoms with Gasteiger partial charge in [0.25, 0.3) is 0 Å². The number of nitrogens with one attached hydrogen (secondary N) is 1. The molecule has 0 amide bonds. The van der Waals surface area contributed by atoms with Crippen LogP contribution in [0.25, 0.3) is 0 Å². The Kier molecular flexibility index (Phi) is 7.57. The highest BCUT2D eigenvalue weighted by atomic mass is 16.5. The van der Waals surface area contributed by atoms with Gasteiger partial charge in [-0.1, -0.05) is 25.1 Å². The van der Waals surface area contributed by atoms with E-state index in [1.54, 1.807) is 0 Å². The van der Waals surface area contributed by atoms with Gasteiger partial charge in [-0.15, -0.1) is 0 Å². The van der Waals surface area contributed by atoms with Gasteiger partial charge in [-0.05, 0) is 64.1 Å². The number of benzene rings is 1. The quantitative estimate of drug-likeness (QED) is 0.673. The minimum absolute atomic E-state index is 0.625. The van der Waals surface area contributed by atoms with Crippen molar-refractivity contribution in [1.82, 2.24) is 5.32 Å². The van der Waals surface area contributed by atoms with Crippen molar-refractivity contribution in [3.8, 4) is 5.75 Å². The van der Waals surface area contributed by atoms with E-state index in [9.17, 15) is 0 Å². The van der Waals surface area contributed by atoms with Crippen LogP contribution < -0.4 is 10.1 Å². The molecule has 108 valence electrons. The van der Waals surface area contributed by atoms with Crippen LogP contribution in [-0.2, 0) is 0 Å². The first-order valence-corrected chi connectivity index (χ1v) is 7.57. The molecule has 1 N–H and O–H groups in total. The summed E-state index contributed by atoms with van der Waals surface area (Å²) in [5.41, 5.74) is 2.47. The summed E-state index contributed by atoms with van der Waals surface area (Å²) in [5.74, 6) is 1.07. The van der Waals surface area contributed by atoms with Gasteiger partial charge in [0, 0.05) is 6.04 Å². The first kappa shape index (κ1) is 16.0. The maximum absolute atomic E-state index is 5.91. The molecular weight excluding hydrogens is 234 g/mol. The Morgan fingerprint density at radius 2 is 1.84 bits per heavy atom. The van der Waals surface area contributed by atoms with Crippen molar-refractivity contribution in [2.24, 2.45) is 0 Å². The van der Waals surface area contributed by atoms with Crippen LogP contribution in [0.1, 0.15) is 50.7 Å². The van der Waals surface area contributed by atoms with Gasteiger partial charge in [-0.3, -0.25) is 0 Å². The maximum atomic E-state index is 5.91. The summed E-state index contributed by atoms with van der Waals surface area (Å²) in [5, 5.41) is 3.52. The summed E-state index contributed by atoms with van der Waals surface area (Å²) in [4.78, 5) is 0. The predicted molar refractivity (Wildman–Crippen MR) is 83.0 cm³/mol. The van der Waals surface area contributed by atoms with Gasteiger partial charge >= 0.3 is 0 Å². The fourth-order valence-electron chi connectivity index (χ4n) is 2.25. The summed E-state index contributed by atoms with van der Waals surface area (Å²) in [7, 11) is 0. The highest BCUT2D eigenvalue weighted by molar-refractivity contribution is 5.39. The largest absolute Gasteiger partial charge is 0.493 e. The zero-order valence-corrected chi connectivity index (χ0v) is 13.0. The molecule has 0 aromatic heterocycles. The van der Waals surface area contributed by atoms with Gasteiger partial charge in [0.1, 0.15) is 5.75 Å². The zero-order chi connectivity index (χ0) is 14.1. The van der Waals surface area contributed by atoms with Crippen LogP contribution in [0.2, 0.25) is 0 Å². The zero-order valence-electron chi connectivity index (χ0n) is 13.0. The first-order valence-electron chi connectivity index (χ1n) is 7.57. The molecule has 1 aromatic carbocycles. The molecule has 1 rings (SSSR count). The monoisotopic (exact) mass is 263 g/mol. The maximum Gasteiger partial charge on any atom is 0.125 e. The van der Waals surface area contributed by atoms with Crippen molar-refractivity contribution >= 4 is 0 Å². The van der Waals surface area contributed by atoms with E-state index >= 15 is 0 Å². The molecule has 2 heteroatoms. The molecule has 0 heterocycles. The summed E-state index contributed by atoms with van der Waals surface area (Å²) in [6, 6.07) is 6.93. The predicted octanol–water partition coefficient (Wildman–Crippen LogP) is 4.24. The highest BCUT2D eigenvalue weighted by Crippen LogP contribution is 2.22. The molecule has 1 atom stereocenters. The van der Waals surface area contributed by atoms with E-state index in [0.29, 0.717) is 6.04 Å². The first-order chi connectivity index (χ1) is 9.15. The van der Waals surface area contributed by atoms with Gasteiger partial charge in [0.15, 0.2) is 0 Å². The Bertz CT molecular complexity index is 342. The molecule has 0 saturated carbocycles. The van der Waals surface area contributed by atoms with E-state index in [1.807, 2.05) is 0 Å². The third-order valence-electron chi connectivity index (χ3n) is 3.43. The Morgan fingerprint density at radius 3 is 2.47 bits per heavy atom. The normalized spacial score (nSPS) is 12.4. The minimum atomic E-state index is 0.625.